The fourth-order valence-electron chi connectivity index (χ4n) is 4.73. The smallest absolute Gasteiger partial charge is 0.347 e. The number of para-hydroxylation sites is 1. The van der Waals surface area contributed by atoms with Crippen LogP contribution in [0.5, 0.6) is 0 Å². The van der Waals surface area contributed by atoms with Gasteiger partial charge in [0, 0.05) is 59.5 Å². The maximum atomic E-state index is 13.6. The summed E-state index contributed by atoms with van der Waals surface area (Å²) in [5.74, 6) is -1.99. The fraction of sp³-hybridized carbons (Fsp3) is 0.258. The van der Waals surface area contributed by atoms with E-state index in [0.717, 1.165) is 5.39 Å². The number of carbonyl (C=O) groups excluding carboxylic acids is 2. The lowest BCUT2D eigenvalue weighted by molar-refractivity contribution is -0.163. The van der Waals surface area contributed by atoms with E-state index in [2.05, 4.69) is 15.3 Å². The van der Waals surface area contributed by atoms with Gasteiger partial charge >= 0.3 is 11.9 Å². The number of hydrogen-bond donors (Lipinski definition) is 3. The summed E-state index contributed by atoms with van der Waals surface area (Å²) in [7, 11) is 0. The third-order valence-electron chi connectivity index (χ3n) is 6.78. The van der Waals surface area contributed by atoms with Crippen LogP contribution in [-0.2, 0) is 20.7 Å². The summed E-state index contributed by atoms with van der Waals surface area (Å²) in [4.78, 5) is 57.8. The molecule has 1 amide bonds. The second-order valence-electron chi connectivity index (χ2n) is 9.57. The topological polar surface area (TPSA) is 151 Å². The van der Waals surface area contributed by atoms with Gasteiger partial charge in [0.1, 0.15) is 0 Å². The van der Waals surface area contributed by atoms with E-state index in [1.54, 1.807) is 43.3 Å². The molecule has 1 aliphatic heterocycles. The van der Waals surface area contributed by atoms with Crippen LogP contribution in [0.25, 0.3) is 10.9 Å². The average molecular weight is 607 g/mol. The molecule has 1 atom stereocenters. The van der Waals surface area contributed by atoms with Crippen molar-refractivity contribution in [3.05, 3.63) is 111 Å². The van der Waals surface area contributed by atoms with E-state index in [9.17, 15) is 19.2 Å². The standard InChI is InChI=1S/C25H26ClN3O5.C6H5NO2/c1-2-34-24(32)25(29-11-13-33-14-12-29,28-23(31)17-7-9-19(26)10-8-17)16-18-15-22(30)27-21-6-4-3-5-20(18)21;8-6(9)5-2-1-3-7-4-5/h3-10,15H,2,11-14,16H2,1H3,(H,27,30)(H,28,31);1-4H,(H,8,9). The number of carboxylic acid groups (broad SMARTS) is 1. The molecule has 0 radical (unpaired) electrons. The highest BCUT2D eigenvalue weighted by Gasteiger charge is 2.48. The first kappa shape index (κ1) is 31.4. The number of ether oxygens (including phenoxy) is 2. The Bertz CT molecular complexity index is 1620. The van der Waals surface area contributed by atoms with Crippen molar-refractivity contribution in [2.24, 2.45) is 0 Å². The molecular weight excluding hydrogens is 576 g/mol. The molecule has 224 valence electrons. The van der Waals surface area contributed by atoms with E-state index in [1.165, 1.54) is 24.5 Å². The van der Waals surface area contributed by atoms with Gasteiger partial charge in [-0.15, -0.1) is 0 Å². The molecule has 1 fully saturated rings. The number of morpholine rings is 1. The minimum absolute atomic E-state index is 0.0373. The van der Waals surface area contributed by atoms with Crippen molar-refractivity contribution >= 4 is 40.3 Å². The number of aromatic nitrogens is 2. The van der Waals surface area contributed by atoms with E-state index in [-0.39, 0.29) is 24.2 Å². The van der Waals surface area contributed by atoms with Gasteiger partial charge in [-0.25, -0.2) is 9.59 Å². The summed E-state index contributed by atoms with van der Waals surface area (Å²) in [6.07, 6.45) is 2.88. The molecular formula is C31H31ClN4O7. The molecule has 2 aromatic carbocycles. The summed E-state index contributed by atoms with van der Waals surface area (Å²) in [5, 5.41) is 12.6. The molecule has 0 aliphatic carbocycles. The van der Waals surface area contributed by atoms with Gasteiger partial charge in [0.15, 0.2) is 5.66 Å². The number of amides is 1. The highest BCUT2D eigenvalue weighted by atomic mass is 35.5. The van der Waals surface area contributed by atoms with Crippen LogP contribution in [0.1, 0.15) is 33.2 Å². The SMILES string of the molecule is CCOC(=O)C(Cc1cc(=O)[nH]c2ccccc12)(NC(=O)c1ccc(Cl)cc1)N1CCOCC1.O=C(O)c1cccnc1. The Morgan fingerprint density at radius 1 is 1.07 bits per heavy atom. The number of rotatable bonds is 8. The van der Waals surface area contributed by atoms with Crippen molar-refractivity contribution in [1.82, 2.24) is 20.2 Å². The second-order valence-corrected chi connectivity index (χ2v) is 10.0. The fourth-order valence-corrected chi connectivity index (χ4v) is 4.86. The van der Waals surface area contributed by atoms with E-state index < -0.39 is 23.5 Å². The lowest BCUT2D eigenvalue weighted by Crippen LogP contribution is -2.69. The zero-order chi connectivity index (χ0) is 30.8. The van der Waals surface area contributed by atoms with Gasteiger partial charge in [-0.1, -0.05) is 29.8 Å². The van der Waals surface area contributed by atoms with Gasteiger partial charge in [-0.2, -0.15) is 0 Å². The van der Waals surface area contributed by atoms with E-state index >= 15 is 0 Å². The number of hydrogen-bond acceptors (Lipinski definition) is 8. The van der Waals surface area contributed by atoms with Gasteiger partial charge < -0.3 is 24.9 Å². The number of carboxylic acids is 1. The average Bonchev–Trinajstić information content (AvgIpc) is 3.02. The Hall–Kier alpha value is -4.58. The summed E-state index contributed by atoms with van der Waals surface area (Å²) in [6.45, 7) is 3.45. The zero-order valence-electron chi connectivity index (χ0n) is 23.4. The quantitative estimate of drug-likeness (QED) is 0.256. The predicted molar refractivity (Wildman–Crippen MR) is 160 cm³/mol. The van der Waals surface area contributed by atoms with Crippen molar-refractivity contribution in [2.45, 2.75) is 19.0 Å². The molecule has 1 unspecified atom stereocenters. The van der Waals surface area contributed by atoms with Gasteiger partial charge in [0.25, 0.3) is 5.91 Å². The van der Waals surface area contributed by atoms with Crippen LogP contribution in [-0.4, -0.2) is 76.4 Å². The molecule has 43 heavy (non-hydrogen) atoms. The second kappa shape index (κ2) is 14.5. The maximum absolute atomic E-state index is 13.6. The van der Waals surface area contributed by atoms with Gasteiger partial charge in [-0.05, 0) is 55.0 Å². The van der Waals surface area contributed by atoms with Crippen LogP contribution in [0.4, 0.5) is 0 Å². The van der Waals surface area contributed by atoms with E-state index in [4.69, 9.17) is 26.2 Å². The molecule has 0 bridgehead atoms. The van der Waals surface area contributed by atoms with Crippen LogP contribution in [0.2, 0.25) is 5.02 Å². The molecule has 5 rings (SSSR count). The number of halogens is 1. The normalized spacial score (nSPS) is 14.6. The van der Waals surface area contributed by atoms with Crippen LogP contribution in [0.3, 0.4) is 0 Å². The third-order valence-corrected chi connectivity index (χ3v) is 7.03. The number of benzene rings is 2. The monoisotopic (exact) mass is 606 g/mol. The first-order chi connectivity index (χ1) is 20.7. The Morgan fingerprint density at radius 2 is 1.79 bits per heavy atom. The van der Waals surface area contributed by atoms with E-state index in [0.29, 0.717) is 48.0 Å². The number of aromatic amines is 1. The largest absolute Gasteiger partial charge is 0.478 e. The molecule has 11 nitrogen and oxygen atoms in total. The first-order valence-corrected chi connectivity index (χ1v) is 13.9. The van der Waals surface area contributed by atoms with Crippen molar-refractivity contribution in [2.75, 3.05) is 32.9 Å². The van der Waals surface area contributed by atoms with E-state index in [1.807, 2.05) is 23.1 Å². The lowest BCUT2D eigenvalue weighted by Gasteiger charge is -2.44. The lowest BCUT2D eigenvalue weighted by atomic mass is 9.93. The van der Waals surface area contributed by atoms with Crippen LogP contribution < -0.4 is 10.9 Å². The third kappa shape index (κ3) is 7.83. The number of aromatic carboxylic acids is 1. The molecule has 1 aliphatic rings. The Morgan fingerprint density at radius 3 is 2.42 bits per heavy atom. The van der Waals surface area contributed by atoms with Crippen molar-refractivity contribution in [1.29, 1.82) is 0 Å². The van der Waals surface area contributed by atoms with Crippen LogP contribution >= 0.6 is 11.6 Å². The molecule has 3 heterocycles. The summed E-state index contributed by atoms with van der Waals surface area (Å²) in [6, 6.07) is 18.3. The predicted octanol–water partition coefficient (Wildman–Crippen LogP) is 3.53. The number of pyridine rings is 2. The summed E-state index contributed by atoms with van der Waals surface area (Å²) in [5.41, 5.74) is -0.00583. The zero-order valence-corrected chi connectivity index (χ0v) is 24.2. The highest BCUT2D eigenvalue weighted by Crippen LogP contribution is 2.26. The summed E-state index contributed by atoms with van der Waals surface area (Å²) >= 11 is 5.98. The summed E-state index contributed by atoms with van der Waals surface area (Å²) < 4.78 is 11.0. The Balaban J connectivity index is 0.000000403. The van der Waals surface area contributed by atoms with Crippen molar-refractivity contribution in [3.8, 4) is 0 Å². The van der Waals surface area contributed by atoms with Crippen molar-refractivity contribution in [3.63, 3.8) is 0 Å². The number of nitrogens with one attached hydrogen (secondary N) is 2. The van der Waals surface area contributed by atoms with Gasteiger partial charge in [0.05, 0.1) is 25.4 Å². The number of nitrogens with zero attached hydrogens (tertiary/aromatic N) is 2. The van der Waals surface area contributed by atoms with Crippen LogP contribution in [0, 0.1) is 0 Å². The molecule has 3 N–H and O–H groups in total. The maximum Gasteiger partial charge on any atom is 0.347 e. The van der Waals surface area contributed by atoms with Crippen molar-refractivity contribution < 1.29 is 29.0 Å². The number of fused-ring (bicyclic) bond motifs is 1. The van der Waals surface area contributed by atoms with Gasteiger partial charge in [-0.3, -0.25) is 19.5 Å². The minimum Gasteiger partial charge on any atom is -0.478 e. The van der Waals surface area contributed by atoms with Gasteiger partial charge in [0.2, 0.25) is 5.56 Å². The first-order valence-electron chi connectivity index (χ1n) is 13.6. The minimum atomic E-state index is -1.55. The highest BCUT2D eigenvalue weighted by molar-refractivity contribution is 6.30. The molecule has 0 saturated carbocycles. The molecule has 0 spiro atoms. The molecule has 1 saturated heterocycles. The van der Waals surface area contributed by atoms with Crippen LogP contribution in [0.15, 0.2) is 83.9 Å². The number of H-pyrrole nitrogens is 1. The number of esters is 1. The number of carbonyl (C=O) groups is 3. The molecule has 12 heteroatoms. The Kier molecular flexibility index (Phi) is 10.6. The Labute approximate surface area is 252 Å². The molecule has 4 aromatic rings. The molecule has 2 aromatic heterocycles.